The van der Waals surface area contributed by atoms with E-state index in [0.717, 1.165) is 6.42 Å². The number of hydrogen-bond donors (Lipinski definition) is 2. The van der Waals surface area contributed by atoms with E-state index in [1.807, 2.05) is 6.92 Å². The summed E-state index contributed by atoms with van der Waals surface area (Å²) in [5, 5.41) is 3.66. The molecule has 0 aromatic heterocycles. The predicted molar refractivity (Wildman–Crippen MR) is 77.4 cm³/mol. The maximum absolute atomic E-state index is 11.6. The maximum Gasteiger partial charge on any atom is 0.239 e. The quantitative estimate of drug-likeness (QED) is 0.819. The fraction of sp³-hybridized carbons (Fsp3) is 0.417. The van der Waals surface area contributed by atoms with Crippen molar-refractivity contribution in [2.45, 2.75) is 13.3 Å². The van der Waals surface area contributed by atoms with Crippen molar-refractivity contribution in [3.63, 3.8) is 0 Å². The first kappa shape index (κ1) is 14.9. The van der Waals surface area contributed by atoms with Crippen molar-refractivity contribution >= 4 is 40.5 Å². The van der Waals surface area contributed by atoms with Crippen molar-refractivity contribution in [1.82, 2.24) is 5.32 Å². The van der Waals surface area contributed by atoms with Crippen molar-refractivity contribution in [3.05, 3.63) is 22.2 Å². The number of nitrogens with two attached hydrogens (primary N) is 1. The standard InChI is InChI=1S/C12H17Cl2N3O/c1-3-4-16-11(18)7-17(2)12-9(13)5-8(15)6-10(12)14/h5-6H,3-4,7,15H2,1-2H3,(H,16,18). The molecule has 0 radical (unpaired) electrons. The molecule has 6 heteroatoms. The molecule has 100 valence electrons. The topological polar surface area (TPSA) is 58.4 Å². The highest BCUT2D eigenvalue weighted by Gasteiger charge is 2.14. The minimum absolute atomic E-state index is 0.0664. The normalized spacial score (nSPS) is 10.2. The summed E-state index contributed by atoms with van der Waals surface area (Å²) in [4.78, 5) is 13.3. The second-order valence-corrected chi connectivity index (χ2v) is 4.85. The lowest BCUT2D eigenvalue weighted by atomic mass is 10.2. The summed E-state index contributed by atoms with van der Waals surface area (Å²) < 4.78 is 0. The van der Waals surface area contributed by atoms with Gasteiger partial charge in [-0.05, 0) is 18.6 Å². The molecule has 18 heavy (non-hydrogen) atoms. The molecule has 0 saturated carbocycles. The zero-order valence-electron chi connectivity index (χ0n) is 10.5. The van der Waals surface area contributed by atoms with Gasteiger partial charge in [0, 0.05) is 19.3 Å². The molecular formula is C12H17Cl2N3O. The Morgan fingerprint density at radius 2 is 1.94 bits per heavy atom. The fourth-order valence-corrected chi connectivity index (χ4v) is 2.36. The van der Waals surface area contributed by atoms with Crippen LogP contribution in [0.25, 0.3) is 0 Å². The molecule has 0 fully saturated rings. The summed E-state index contributed by atoms with van der Waals surface area (Å²) in [7, 11) is 1.76. The van der Waals surface area contributed by atoms with Crippen molar-refractivity contribution in [3.8, 4) is 0 Å². The number of amides is 1. The second kappa shape index (κ2) is 6.71. The molecule has 0 atom stereocenters. The zero-order valence-corrected chi connectivity index (χ0v) is 12.0. The molecule has 0 aliphatic carbocycles. The fourth-order valence-electron chi connectivity index (χ4n) is 1.56. The van der Waals surface area contributed by atoms with E-state index in [0.29, 0.717) is 28.0 Å². The van der Waals surface area contributed by atoms with Crippen LogP contribution in [0.3, 0.4) is 0 Å². The van der Waals surface area contributed by atoms with Crippen molar-refractivity contribution in [2.24, 2.45) is 0 Å². The van der Waals surface area contributed by atoms with E-state index in [2.05, 4.69) is 5.32 Å². The van der Waals surface area contributed by atoms with Crippen LogP contribution in [-0.2, 0) is 4.79 Å². The Bertz CT molecular complexity index is 414. The lowest BCUT2D eigenvalue weighted by molar-refractivity contribution is -0.119. The van der Waals surface area contributed by atoms with Gasteiger partial charge in [-0.25, -0.2) is 0 Å². The summed E-state index contributed by atoms with van der Waals surface area (Å²) in [6.07, 6.45) is 0.902. The van der Waals surface area contributed by atoms with Crippen LogP contribution in [0.4, 0.5) is 11.4 Å². The van der Waals surface area contributed by atoms with Crippen molar-refractivity contribution < 1.29 is 4.79 Å². The smallest absolute Gasteiger partial charge is 0.239 e. The van der Waals surface area contributed by atoms with Crippen LogP contribution in [0.15, 0.2) is 12.1 Å². The third-order valence-corrected chi connectivity index (χ3v) is 2.95. The first-order chi connectivity index (χ1) is 8.45. The third-order valence-electron chi connectivity index (χ3n) is 2.37. The highest BCUT2D eigenvalue weighted by Crippen LogP contribution is 2.35. The minimum Gasteiger partial charge on any atom is -0.399 e. The van der Waals surface area contributed by atoms with Crippen LogP contribution >= 0.6 is 23.2 Å². The number of carbonyl (C=O) groups is 1. The summed E-state index contributed by atoms with van der Waals surface area (Å²) in [6, 6.07) is 3.23. The molecule has 4 nitrogen and oxygen atoms in total. The van der Waals surface area contributed by atoms with Gasteiger partial charge in [-0.15, -0.1) is 0 Å². The molecule has 1 rings (SSSR count). The van der Waals surface area contributed by atoms with E-state index in [9.17, 15) is 4.79 Å². The van der Waals surface area contributed by atoms with Crippen molar-refractivity contribution in [1.29, 1.82) is 0 Å². The Morgan fingerprint density at radius 1 is 1.39 bits per heavy atom. The second-order valence-electron chi connectivity index (χ2n) is 4.04. The largest absolute Gasteiger partial charge is 0.399 e. The first-order valence-corrected chi connectivity index (χ1v) is 6.43. The Kier molecular flexibility index (Phi) is 5.56. The van der Waals surface area contributed by atoms with Gasteiger partial charge in [0.15, 0.2) is 0 Å². The van der Waals surface area contributed by atoms with Crippen LogP contribution in [-0.4, -0.2) is 26.0 Å². The van der Waals surface area contributed by atoms with E-state index in [4.69, 9.17) is 28.9 Å². The lowest BCUT2D eigenvalue weighted by Gasteiger charge is -2.21. The monoisotopic (exact) mass is 289 g/mol. The predicted octanol–water partition coefficient (Wildman–Crippen LogP) is 2.54. The van der Waals surface area contributed by atoms with Crippen molar-refractivity contribution in [2.75, 3.05) is 30.8 Å². The number of nitrogens with zero attached hydrogens (tertiary/aromatic N) is 1. The minimum atomic E-state index is -0.0664. The molecule has 1 aromatic rings. The Hall–Kier alpha value is -1.13. The third kappa shape index (κ3) is 3.96. The lowest BCUT2D eigenvalue weighted by Crippen LogP contribution is -2.35. The van der Waals surface area contributed by atoms with E-state index >= 15 is 0 Å². The van der Waals surface area contributed by atoms with Gasteiger partial charge in [-0.2, -0.15) is 0 Å². The van der Waals surface area contributed by atoms with E-state index in [1.165, 1.54) is 0 Å². The summed E-state index contributed by atoms with van der Waals surface area (Å²) in [5.74, 6) is -0.0664. The molecule has 0 saturated heterocycles. The van der Waals surface area contributed by atoms with E-state index in [-0.39, 0.29) is 12.5 Å². The molecule has 3 N–H and O–H groups in total. The van der Waals surface area contributed by atoms with Crippen LogP contribution in [0.1, 0.15) is 13.3 Å². The van der Waals surface area contributed by atoms with Gasteiger partial charge in [0.05, 0.1) is 22.3 Å². The number of anilines is 2. The number of halogens is 2. The molecule has 0 unspecified atom stereocenters. The highest BCUT2D eigenvalue weighted by molar-refractivity contribution is 6.39. The Balaban J connectivity index is 2.78. The Labute approximate surface area is 117 Å². The molecule has 1 aromatic carbocycles. The summed E-state index contributed by atoms with van der Waals surface area (Å²) >= 11 is 12.2. The molecule has 0 aliphatic rings. The van der Waals surface area contributed by atoms with Crippen LogP contribution in [0, 0.1) is 0 Å². The highest BCUT2D eigenvalue weighted by atomic mass is 35.5. The first-order valence-electron chi connectivity index (χ1n) is 5.68. The van der Waals surface area contributed by atoms with Gasteiger partial charge in [0.1, 0.15) is 0 Å². The molecule has 0 aliphatic heterocycles. The number of likely N-dealkylation sites (N-methyl/N-ethyl adjacent to an activating group) is 1. The maximum atomic E-state index is 11.6. The summed E-state index contributed by atoms with van der Waals surface area (Å²) in [5.41, 5.74) is 6.74. The van der Waals surface area contributed by atoms with Crippen LogP contribution < -0.4 is 16.0 Å². The zero-order chi connectivity index (χ0) is 13.7. The molecule has 0 spiro atoms. The van der Waals surface area contributed by atoms with Crippen LogP contribution in [0.5, 0.6) is 0 Å². The number of hydrogen-bond acceptors (Lipinski definition) is 3. The SMILES string of the molecule is CCCNC(=O)CN(C)c1c(Cl)cc(N)cc1Cl. The number of rotatable bonds is 5. The number of benzene rings is 1. The van der Waals surface area contributed by atoms with Gasteiger partial charge in [-0.1, -0.05) is 30.1 Å². The molecule has 0 heterocycles. The number of carbonyl (C=O) groups excluding carboxylic acids is 1. The number of nitrogens with one attached hydrogen (secondary N) is 1. The van der Waals surface area contributed by atoms with Gasteiger partial charge in [0.2, 0.25) is 5.91 Å². The average Bonchev–Trinajstić information content (AvgIpc) is 2.24. The Morgan fingerprint density at radius 3 is 2.44 bits per heavy atom. The van der Waals surface area contributed by atoms with Crippen LogP contribution in [0.2, 0.25) is 10.0 Å². The molecular weight excluding hydrogens is 273 g/mol. The van der Waals surface area contributed by atoms with Gasteiger partial charge in [-0.3, -0.25) is 4.79 Å². The summed E-state index contributed by atoms with van der Waals surface area (Å²) in [6.45, 7) is 2.86. The number of nitrogen functional groups attached to an aromatic ring is 1. The van der Waals surface area contributed by atoms with Gasteiger partial charge >= 0.3 is 0 Å². The molecule has 1 amide bonds. The van der Waals surface area contributed by atoms with Gasteiger partial charge in [0.25, 0.3) is 0 Å². The van der Waals surface area contributed by atoms with E-state index in [1.54, 1.807) is 24.1 Å². The van der Waals surface area contributed by atoms with E-state index < -0.39 is 0 Å². The van der Waals surface area contributed by atoms with Gasteiger partial charge < -0.3 is 16.0 Å². The molecule has 0 bridgehead atoms. The average molecular weight is 290 g/mol.